The van der Waals surface area contributed by atoms with E-state index in [9.17, 15) is 0 Å². The summed E-state index contributed by atoms with van der Waals surface area (Å²) in [5.41, 5.74) is 1.13. The average Bonchev–Trinajstić information content (AvgIpc) is 2.51. The Kier molecular flexibility index (Phi) is 5.34. The van der Waals surface area contributed by atoms with Crippen LogP contribution in [0, 0.1) is 0 Å². The Bertz CT molecular complexity index is 546. The maximum absolute atomic E-state index is 6.27. The molecule has 0 aliphatic carbocycles. The van der Waals surface area contributed by atoms with Gasteiger partial charge < -0.3 is 9.47 Å². The number of piperidine rings is 1. The van der Waals surface area contributed by atoms with E-state index in [2.05, 4.69) is 16.7 Å². The Morgan fingerprint density at radius 3 is 2.52 bits per heavy atom. The van der Waals surface area contributed by atoms with Gasteiger partial charge in [-0.15, -0.1) is 0 Å². The molecule has 128 valence electrons. The van der Waals surface area contributed by atoms with Gasteiger partial charge in [0, 0.05) is 43.3 Å². The molecular weight excluding hydrogens is 312 g/mol. The molecule has 0 spiro atoms. The molecule has 4 nitrogen and oxygen atoms in total. The van der Waals surface area contributed by atoms with Gasteiger partial charge in [-0.05, 0) is 32.4 Å². The van der Waals surface area contributed by atoms with E-state index < -0.39 is 0 Å². The molecule has 1 atom stereocenters. The monoisotopic (exact) mass is 338 g/mol. The summed E-state index contributed by atoms with van der Waals surface area (Å²) < 4.78 is 10.8. The van der Waals surface area contributed by atoms with Crippen molar-refractivity contribution in [3.63, 3.8) is 0 Å². The topological polar surface area (TPSA) is 24.9 Å². The standard InChI is InChI=1S/C18H27ClN2O2/c1-13-6-4-5-7-21(13)15-11-20(12-15)10-14-8-16(19)18(23-3)9-17(14)22-2/h8-9,13,15H,4-7,10-12H2,1-3H3. The molecule has 3 rings (SSSR count). The van der Waals surface area contributed by atoms with Crippen LogP contribution in [0.2, 0.25) is 5.02 Å². The Balaban J connectivity index is 1.60. The molecule has 5 heteroatoms. The van der Waals surface area contributed by atoms with Gasteiger partial charge in [-0.2, -0.15) is 0 Å². The van der Waals surface area contributed by atoms with E-state index in [0.717, 1.165) is 37.0 Å². The Labute approximate surface area is 144 Å². The molecule has 23 heavy (non-hydrogen) atoms. The number of likely N-dealkylation sites (tertiary alicyclic amines) is 2. The smallest absolute Gasteiger partial charge is 0.141 e. The van der Waals surface area contributed by atoms with Crippen molar-refractivity contribution in [2.75, 3.05) is 33.9 Å². The second kappa shape index (κ2) is 7.29. The van der Waals surface area contributed by atoms with Crippen molar-refractivity contribution in [3.05, 3.63) is 22.7 Å². The first-order chi connectivity index (χ1) is 11.1. The molecule has 0 saturated carbocycles. The van der Waals surface area contributed by atoms with E-state index in [1.54, 1.807) is 14.2 Å². The van der Waals surface area contributed by atoms with Gasteiger partial charge in [0.25, 0.3) is 0 Å². The predicted molar refractivity (Wildman–Crippen MR) is 93.6 cm³/mol. The maximum Gasteiger partial charge on any atom is 0.141 e. The molecule has 2 aliphatic heterocycles. The Morgan fingerprint density at radius 2 is 1.87 bits per heavy atom. The predicted octanol–water partition coefficient (Wildman–Crippen LogP) is 3.42. The van der Waals surface area contributed by atoms with Crippen molar-refractivity contribution in [3.8, 4) is 11.5 Å². The second-order valence-corrected chi connectivity index (χ2v) is 7.14. The molecule has 2 heterocycles. The number of hydrogen-bond donors (Lipinski definition) is 0. The molecule has 0 radical (unpaired) electrons. The molecule has 1 aromatic carbocycles. The van der Waals surface area contributed by atoms with Crippen molar-refractivity contribution in [2.24, 2.45) is 0 Å². The lowest BCUT2D eigenvalue weighted by Crippen LogP contribution is -2.61. The van der Waals surface area contributed by atoms with E-state index >= 15 is 0 Å². The molecule has 2 fully saturated rings. The summed E-state index contributed by atoms with van der Waals surface area (Å²) in [6, 6.07) is 5.29. The SMILES string of the molecule is COc1cc(OC)c(CN2CC(N3CCCCC3C)C2)cc1Cl. The highest BCUT2D eigenvalue weighted by Gasteiger charge is 2.35. The second-order valence-electron chi connectivity index (χ2n) is 6.73. The Hall–Kier alpha value is -0.970. The fraction of sp³-hybridized carbons (Fsp3) is 0.667. The van der Waals surface area contributed by atoms with Crippen molar-refractivity contribution in [1.29, 1.82) is 0 Å². The van der Waals surface area contributed by atoms with Gasteiger partial charge in [-0.3, -0.25) is 9.80 Å². The summed E-state index contributed by atoms with van der Waals surface area (Å²) in [6.07, 6.45) is 4.08. The third-order valence-corrected chi connectivity index (χ3v) is 5.51. The lowest BCUT2D eigenvalue weighted by atomic mass is 9.97. The van der Waals surface area contributed by atoms with Crippen LogP contribution in [0.25, 0.3) is 0 Å². The third kappa shape index (κ3) is 3.59. The van der Waals surface area contributed by atoms with Crippen molar-refractivity contribution >= 4 is 11.6 Å². The largest absolute Gasteiger partial charge is 0.496 e. The minimum absolute atomic E-state index is 0.644. The zero-order chi connectivity index (χ0) is 16.4. The summed E-state index contributed by atoms with van der Waals surface area (Å²) >= 11 is 6.27. The molecule has 0 bridgehead atoms. The first kappa shape index (κ1) is 16.9. The van der Waals surface area contributed by atoms with E-state index in [-0.39, 0.29) is 0 Å². The zero-order valence-electron chi connectivity index (χ0n) is 14.3. The number of methoxy groups -OCH3 is 2. The molecule has 2 saturated heterocycles. The third-order valence-electron chi connectivity index (χ3n) is 5.21. The summed E-state index contributed by atoms with van der Waals surface area (Å²) in [7, 11) is 3.32. The normalized spacial score (nSPS) is 23.6. The number of benzene rings is 1. The van der Waals surface area contributed by atoms with Gasteiger partial charge in [0.15, 0.2) is 0 Å². The van der Waals surface area contributed by atoms with E-state index in [0.29, 0.717) is 16.8 Å². The average molecular weight is 339 g/mol. The fourth-order valence-electron chi connectivity index (χ4n) is 3.83. The maximum atomic E-state index is 6.27. The van der Waals surface area contributed by atoms with Crippen LogP contribution >= 0.6 is 11.6 Å². The van der Waals surface area contributed by atoms with Crippen LogP contribution in [0.15, 0.2) is 12.1 Å². The highest BCUT2D eigenvalue weighted by molar-refractivity contribution is 6.32. The van der Waals surface area contributed by atoms with E-state index in [1.807, 2.05) is 12.1 Å². The molecule has 1 unspecified atom stereocenters. The van der Waals surface area contributed by atoms with Crippen LogP contribution in [0.1, 0.15) is 31.7 Å². The van der Waals surface area contributed by atoms with Crippen molar-refractivity contribution in [2.45, 2.75) is 44.8 Å². The lowest BCUT2D eigenvalue weighted by Gasteiger charge is -2.49. The summed E-state index contributed by atoms with van der Waals surface area (Å²) in [5.74, 6) is 1.51. The van der Waals surface area contributed by atoms with Gasteiger partial charge in [0.2, 0.25) is 0 Å². The molecule has 2 aliphatic rings. The fourth-order valence-corrected chi connectivity index (χ4v) is 4.09. The van der Waals surface area contributed by atoms with Crippen LogP contribution in [0.5, 0.6) is 11.5 Å². The van der Waals surface area contributed by atoms with Gasteiger partial charge >= 0.3 is 0 Å². The zero-order valence-corrected chi connectivity index (χ0v) is 15.1. The summed E-state index contributed by atoms with van der Waals surface area (Å²) in [4.78, 5) is 5.16. The van der Waals surface area contributed by atoms with Crippen LogP contribution in [0.3, 0.4) is 0 Å². The Morgan fingerprint density at radius 1 is 1.13 bits per heavy atom. The molecule has 0 N–H and O–H groups in total. The molecule has 0 amide bonds. The van der Waals surface area contributed by atoms with Gasteiger partial charge in [0.05, 0.1) is 19.2 Å². The summed E-state index contributed by atoms with van der Waals surface area (Å²) in [6.45, 7) is 6.78. The number of hydrogen-bond acceptors (Lipinski definition) is 4. The summed E-state index contributed by atoms with van der Waals surface area (Å²) in [5, 5.41) is 0.644. The quantitative estimate of drug-likeness (QED) is 0.821. The minimum Gasteiger partial charge on any atom is -0.496 e. The number of rotatable bonds is 5. The first-order valence-electron chi connectivity index (χ1n) is 8.51. The van der Waals surface area contributed by atoms with Crippen LogP contribution in [-0.4, -0.2) is 55.7 Å². The minimum atomic E-state index is 0.644. The number of ether oxygens (including phenoxy) is 2. The van der Waals surface area contributed by atoms with Crippen molar-refractivity contribution in [1.82, 2.24) is 9.80 Å². The lowest BCUT2D eigenvalue weighted by molar-refractivity contribution is -0.00647. The number of halogens is 1. The molecule has 1 aromatic rings. The van der Waals surface area contributed by atoms with Gasteiger partial charge in [-0.1, -0.05) is 18.0 Å². The van der Waals surface area contributed by atoms with E-state index in [4.69, 9.17) is 21.1 Å². The van der Waals surface area contributed by atoms with Crippen molar-refractivity contribution < 1.29 is 9.47 Å². The first-order valence-corrected chi connectivity index (χ1v) is 8.88. The van der Waals surface area contributed by atoms with Crippen LogP contribution in [0.4, 0.5) is 0 Å². The van der Waals surface area contributed by atoms with Crippen LogP contribution in [-0.2, 0) is 6.54 Å². The van der Waals surface area contributed by atoms with E-state index in [1.165, 1.54) is 25.8 Å². The van der Waals surface area contributed by atoms with Gasteiger partial charge in [0.1, 0.15) is 11.5 Å². The number of nitrogens with zero attached hydrogens (tertiary/aromatic N) is 2. The molecular formula is C18H27ClN2O2. The van der Waals surface area contributed by atoms with Crippen LogP contribution < -0.4 is 9.47 Å². The molecule has 0 aromatic heterocycles. The highest BCUT2D eigenvalue weighted by Crippen LogP contribution is 2.34. The highest BCUT2D eigenvalue weighted by atomic mass is 35.5. The van der Waals surface area contributed by atoms with Gasteiger partial charge in [-0.25, -0.2) is 0 Å².